The first-order valence-electron chi connectivity index (χ1n) is 2.53. The molecule has 0 N–H and O–H groups in total. The lowest BCUT2D eigenvalue weighted by atomic mass is 10.3. The summed E-state index contributed by atoms with van der Waals surface area (Å²) in [4.78, 5) is 0. The summed E-state index contributed by atoms with van der Waals surface area (Å²) in [5, 5.41) is 10.6. The summed E-state index contributed by atoms with van der Waals surface area (Å²) in [5.74, 6) is 0. The van der Waals surface area contributed by atoms with Crippen molar-refractivity contribution in [2.45, 2.75) is 0 Å². The van der Waals surface area contributed by atoms with E-state index < -0.39 is 0 Å². The van der Waals surface area contributed by atoms with E-state index >= 15 is 0 Å². The topological polar surface area (TPSA) is 38.7 Å². The molecule has 0 saturated carbocycles. The molecule has 3 heteroatoms. The fraction of sp³-hybridized carbons (Fsp3) is 0. The first-order valence-corrected chi connectivity index (χ1v) is 2.53. The number of allylic oxidation sites excluding steroid dienone is 1. The highest BCUT2D eigenvalue weighted by Crippen LogP contribution is 1.92. The monoisotopic (exact) mass is 120 g/mol. The normalized spacial score (nSPS) is 8.89. The van der Waals surface area contributed by atoms with Crippen molar-refractivity contribution in [3.05, 3.63) is 37.0 Å². The number of rotatable bonds is 2. The molecule has 0 bridgehead atoms. The number of nitrogens with zero attached hydrogens (tertiary/aromatic N) is 3. The average Bonchev–Trinajstić information content (AvgIpc) is 1.91. The summed E-state index contributed by atoms with van der Waals surface area (Å²) in [5.41, 5.74) is 0.778. The van der Waals surface area contributed by atoms with Gasteiger partial charge in [0.15, 0.2) is 0 Å². The lowest BCUT2D eigenvalue weighted by Gasteiger charge is -1.87. The van der Waals surface area contributed by atoms with Crippen molar-refractivity contribution in [1.29, 1.82) is 0 Å². The molecule has 0 aliphatic heterocycles. The summed E-state index contributed by atoms with van der Waals surface area (Å²) in [6.07, 6.45) is 5.00. The zero-order valence-corrected chi connectivity index (χ0v) is 4.86. The molecule has 3 nitrogen and oxygen atoms in total. The van der Waals surface area contributed by atoms with Crippen LogP contribution >= 0.6 is 0 Å². The predicted octanol–water partition coefficient (Wildman–Crippen LogP) is 0.610. The fourth-order valence-corrected chi connectivity index (χ4v) is 0.460. The van der Waals surface area contributed by atoms with Gasteiger partial charge in [-0.3, -0.25) is 0 Å². The quantitative estimate of drug-likeness (QED) is 0.574. The molecule has 1 heterocycles. The van der Waals surface area contributed by atoms with E-state index in [-0.39, 0.29) is 0 Å². The zero-order valence-electron chi connectivity index (χ0n) is 4.86. The van der Waals surface area contributed by atoms with Crippen molar-refractivity contribution >= 4 is 0 Å². The van der Waals surface area contributed by atoms with E-state index in [0.717, 1.165) is 5.69 Å². The van der Waals surface area contributed by atoms with Crippen molar-refractivity contribution in [3.8, 4) is 0 Å². The van der Waals surface area contributed by atoms with Gasteiger partial charge < -0.3 is 0 Å². The molecular formula is C6H6N3. The van der Waals surface area contributed by atoms with Gasteiger partial charge >= 0.3 is 0 Å². The maximum Gasteiger partial charge on any atom is 0.0743 e. The molecule has 45 valence electrons. The molecule has 1 aromatic rings. The minimum Gasteiger partial charge on any atom is -0.139 e. The molecule has 0 saturated heterocycles. The summed E-state index contributed by atoms with van der Waals surface area (Å²) >= 11 is 0. The third-order valence-corrected chi connectivity index (χ3v) is 0.812. The Morgan fingerprint density at radius 2 is 2.44 bits per heavy atom. The third kappa shape index (κ3) is 1.60. The highest BCUT2D eigenvalue weighted by Gasteiger charge is 1.86. The molecule has 0 aromatic carbocycles. The van der Waals surface area contributed by atoms with Crippen LogP contribution in [-0.2, 0) is 0 Å². The molecule has 0 amide bonds. The van der Waals surface area contributed by atoms with E-state index in [1.165, 1.54) is 0 Å². The molecule has 1 aromatic heterocycles. The number of hydrogen-bond donors (Lipinski definition) is 0. The Morgan fingerprint density at radius 1 is 1.56 bits per heavy atom. The highest BCUT2D eigenvalue weighted by molar-refractivity contribution is 5.14. The largest absolute Gasteiger partial charge is 0.139 e. The van der Waals surface area contributed by atoms with Crippen molar-refractivity contribution in [2.24, 2.45) is 0 Å². The van der Waals surface area contributed by atoms with Crippen molar-refractivity contribution in [3.63, 3.8) is 0 Å². The predicted molar refractivity (Wildman–Crippen MR) is 33.4 cm³/mol. The summed E-state index contributed by atoms with van der Waals surface area (Å²) < 4.78 is 0. The van der Waals surface area contributed by atoms with E-state index in [1.54, 1.807) is 24.8 Å². The van der Waals surface area contributed by atoms with Crippen LogP contribution in [-0.4, -0.2) is 15.4 Å². The molecule has 0 fully saturated rings. The molecular weight excluding hydrogens is 114 g/mol. The average molecular weight is 120 g/mol. The van der Waals surface area contributed by atoms with E-state index in [4.69, 9.17) is 0 Å². The van der Waals surface area contributed by atoms with Crippen LogP contribution in [0.15, 0.2) is 24.9 Å². The molecule has 0 atom stereocenters. The van der Waals surface area contributed by atoms with Crippen LogP contribution in [0.5, 0.6) is 0 Å². The van der Waals surface area contributed by atoms with Crippen molar-refractivity contribution in [2.75, 3.05) is 0 Å². The Bertz CT molecular complexity index is 183. The van der Waals surface area contributed by atoms with Gasteiger partial charge in [0, 0.05) is 6.42 Å². The number of hydrogen-bond acceptors (Lipinski definition) is 3. The first kappa shape index (κ1) is 5.88. The maximum absolute atomic E-state index is 3.68. The molecule has 0 aliphatic rings. The van der Waals surface area contributed by atoms with Gasteiger partial charge in [0.1, 0.15) is 0 Å². The molecule has 0 unspecified atom stereocenters. The third-order valence-electron chi connectivity index (χ3n) is 0.812. The van der Waals surface area contributed by atoms with Gasteiger partial charge in [0.25, 0.3) is 0 Å². The Hall–Kier alpha value is -1.25. The highest BCUT2D eigenvalue weighted by atomic mass is 15.3. The zero-order chi connectivity index (χ0) is 6.53. The van der Waals surface area contributed by atoms with E-state index in [0.29, 0.717) is 0 Å². The van der Waals surface area contributed by atoms with Crippen molar-refractivity contribution < 1.29 is 0 Å². The van der Waals surface area contributed by atoms with E-state index in [2.05, 4.69) is 22.0 Å². The Morgan fingerprint density at radius 3 is 3.00 bits per heavy atom. The summed E-state index contributed by atoms with van der Waals surface area (Å²) in [6, 6.07) is 1.76. The fourth-order valence-electron chi connectivity index (χ4n) is 0.460. The summed E-state index contributed by atoms with van der Waals surface area (Å²) in [6.45, 7) is 3.51. The second-order valence-electron chi connectivity index (χ2n) is 1.45. The molecule has 9 heavy (non-hydrogen) atoms. The standard InChI is InChI=1S/C6H6N3/c1-2-3-6-4-5-7-9-8-6/h2-5H,1H2. The minimum absolute atomic E-state index is 0.778. The van der Waals surface area contributed by atoms with Gasteiger partial charge in [0.2, 0.25) is 0 Å². The molecule has 1 radical (unpaired) electrons. The molecule has 1 rings (SSSR count). The SMILES string of the molecule is C=C[CH]c1ccnnn1. The number of aromatic nitrogens is 3. The van der Waals surface area contributed by atoms with Crippen LogP contribution in [0.1, 0.15) is 5.69 Å². The van der Waals surface area contributed by atoms with E-state index in [1.807, 2.05) is 0 Å². The Balaban J connectivity index is 2.72. The van der Waals surface area contributed by atoms with Crippen molar-refractivity contribution in [1.82, 2.24) is 15.4 Å². The van der Waals surface area contributed by atoms with Gasteiger partial charge in [-0.2, -0.15) is 0 Å². The smallest absolute Gasteiger partial charge is 0.0743 e. The van der Waals surface area contributed by atoms with Crippen LogP contribution in [0.2, 0.25) is 0 Å². The molecule has 0 aliphatic carbocycles. The lowest BCUT2D eigenvalue weighted by molar-refractivity contribution is 0.846. The van der Waals surface area contributed by atoms with Gasteiger partial charge in [-0.25, -0.2) is 0 Å². The van der Waals surface area contributed by atoms with Gasteiger partial charge in [-0.1, -0.05) is 6.08 Å². The van der Waals surface area contributed by atoms with E-state index in [9.17, 15) is 0 Å². The van der Waals surface area contributed by atoms with Crippen LogP contribution in [0.3, 0.4) is 0 Å². The van der Waals surface area contributed by atoms with Crippen LogP contribution in [0, 0.1) is 6.42 Å². The van der Waals surface area contributed by atoms with Gasteiger partial charge in [0.05, 0.1) is 11.9 Å². The Labute approximate surface area is 53.4 Å². The maximum atomic E-state index is 3.68. The summed E-state index contributed by atoms with van der Waals surface area (Å²) in [7, 11) is 0. The van der Waals surface area contributed by atoms with Crippen LogP contribution < -0.4 is 0 Å². The second-order valence-corrected chi connectivity index (χ2v) is 1.45. The first-order chi connectivity index (χ1) is 4.43. The second kappa shape index (κ2) is 2.91. The Kier molecular flexibility index (Phi) is 1.90. The van der Waals surface area contributed by atoms with Crippen LogP contribution in [0.25, 0.3) is 0 Å². The lowest BCUT2D eigenvalue weighted by Crippen LogP contribution is -1.89. The minimum atomic E-state index is 0.778. The van der Waals surface area contributed by atoms with Gasteiger partial charge in [-0.05, 0) is 11.3 Å². The van der Waals surface area contributed by atoms with Gasteiger partial charge in [-0.15, -0.1) is 16.8 Å². The van der Waals surface area contributed by atoms with Crippen LogP contribution in [0.4, 0.5) is 0 Å². The molecule has 0 spiro atoms.